The number of rotatable bonds is 4. The summed E-state index contributed by atoms with van der Waals surface area (Å²) in [4.78, 5) is 0. The molecule has 0 bridgehead atoms. The van der Waals surface area contributed by atoms with E-state index in [1.165, 1.54) is 12.0 Å². The lowest BCUT2D eigenvalue weighted by Gasteiger charge is -2.17. The molecule has 1 aliphatic rings. The van der Waals surface area contributed by atoms with E-state index in [1.807, 2.05) is 24.3 Å². The molecule has 0 unspecified atom stereocenters. The predicted octanol–water partition coefficient (Wildman–Crippen LogP) is 3.15. The molecule has 0 saturated heterocycles. The van der Waals surface area contributed by atoms with Crippen LogP contribution >= 0.6 is 11.6 Å². The minimum atomic E-state index is 0.298. The zero-order valence-electron chi connectivity index (χ0n) is 9.28. The molecular weight excluding hydrogens is 220 g/mol. The Balaban J connectivity index is 2.12. The van der Waals surface area contributed by atoms with Gasteiger partial charge in [0.2, 0.25) is 0 Å². The van der Waals surface area contributed by atoms with Crippen LogP contribution in [0.2, 0.25) is 5.02 Å². The Morgan fingerprint density at radius 2 is 2.12 bits per heavy atom. The Morgan fingerprint density at radius 3 is 2.62 bits per heavy atom. The van der Waals surface area contributed by atoms with Gasteiger partial charge >= 0.3 is 0 Å². The van der Waals surface area contributed by atoms with E-state index in [0.29, 0.717) is 18.5 Å². The van der Waals surface area contributed by atoms with Crippen molar-refractivity contribution < 1.29 is 0 Å². The second kappa shape index (κ2) is 4.86. The molecule has 1 aromatic carbocycles. The third kappa shape index (κ3) is 2.55. The van der Waals surface area contributed by atoms with Gasteiger partial charge in [0.05, 0.1) is 12.6 Å². The van der Waals surface area contributed by atoms with Crippen molar-refractivity contribution in [1.82, 2.24) is 5.32 Å². The van der Waals surface area contributed by atoms with E-state index in [0.717, 1.165) is 10.9 Å². The van der Waals surface area contributed by atoms with Gasteiger partial charge in [0, 0.05) is 11.1 Å². The Labute approximate surface area is 101 Å². The minimum absolute atomic E-state index is 0.298. The molecule has 3 heteroatoms. The molecule has 16 heavy (non-hydrogen) atoms. The smallest absolute Gasteiger partial charge is 0.0845 e. The minimum Gasteiger partial charge on any atom is -0.297 e. The quantitative estimate of drug-likeness (QED) is 0.813. The molecule has 2 rings (SSSR count). The van der Waals surface area contributed by atoms with E-state index < -0.39 is 0 Å². The number of benzene rings is 1. The highest BCUT2D eigenvalue weighted by molar-refractivity contribution is 6.30. The third-order valence-corrected chi connectivity index (χ3v) is 3.48. The fraction of sp³-hybridized carbons (Fsp3) is 0.462. The van der Waals surface area contributed by atoms with Crippen LogP contribution in [0, 0.1) is 23.2 Å². The second-order valence-corrected chi connectivity index (χ2v) is 4.88. The number of hydrogen-bond donors (Lipinski definition) is 1. The number of nitriles is 1. The molecule has 0 radical (unpaired) electrons. The van der Waals surface area contributed by atoms with Crippen molar-refractivity contribution in [2.24, 2.45) is 11.8 Å². The van der Waals surface area contributed by atoms with Crippen LogP contribution in [0.4, 0.5) is 0 Å². The molecule has 1 aliphatic carbocycles. The lowest BCUT2D eigenvalue weighted by atomic mass is 10.0. The average Bonchev–Trinajstić information content (AvgIpc) is 2.99. The average molecular weight is 235 g/mol. The standard InChI is InChI=1S/C13H15ClN2/c1-9-8-12(9)13(16-7-6-15)10-2-4-11(14)5-3-10/h2-5,9,12-13,16H,7-8H2,1H3/t9-,12-,13-/m0/s1. The number of halogens is 1. The molecule has 1 aromatic rings. The summed E-state index contributed by atoms with van der Waals surface area (Å²) in [5.41, 5.74) is 1.23. The van der Waals surface area contributed by atoms with Gasteiger partial charge in [0.15, 0.2) is 0 Å². The van der Waals surface area contributed by atoms with Gasteiger partial charge in [-0.05, 0) is 36.0 Å². The van der Waals surface area contributed by atoms with Crippen LogP contribution in [0.3, 0.4) is 0 Å². The van der Waals surface area contributed by atoms with Gasteiger partial charge in [-0.3, -0.25) is 5.32 Å². The molecule has 84 valence electrons. The fourth-order valence-electron chi connectivity index (χ4n) is 2.16. The van der Waals surface area contributed by atoms with Gasteiger partial charge < -0.3 is 0 Å². The van der Waals surface area contributed by atoms with Crippen LogP contribution in [0.1, 0.15) is 24.9 Å². The van der Waals surface area contributed by atoms with Gasteiger partial charge in [-0.25, -0.2) is 0 Å². The van der Waals surface area contributed by atoms with E-state index in [9.17, 15) is 0 Å². The lowest BCUT2D eigenvalue weighted by molar-refractivity contribution is 0.487. The first-order valence-electron chi connectivity index (χ1n) is 5.58. The maximum absolute atomic E-state index is 8.64. The normalized spacial score (nSPS) is 24.8. The van der Waals surface area contributed by atoms with E-state index in [4.69, 9.17) is 16.9 Å². The number of nitrogens with one attached hydrogen (secondary N) is 1. The number of hydrogen-bond acceptors (Lipinski definition) is 2. The summed E-state index contributed by atoms with van der Waals surface area (Å²) in [7, 11) is 0. The van der Waals surface area contributed by atoms with Gasteiger partial charge in [-0.1, -0.05) is 30.7 Å². The van der Waals surface area contributed by atoms with E-state index in [1.54, 1.807) is 0 Å². The Kier molecular flexibility index (Phi) is 3.48. The van der Waals surface area contributed by atoms with E-state index in [-0.39, 0.29) is 0 Å². The van der Waals surface area contributed by atoms with Crippen LogP contribution < -0.4 is 5.32 Å². The molecule has 1 N–H and O–H groups in total. The van der Waals surface area contributed by atoms with Gasteiger partial charge in [-0.2, -0.15) is 5.26 Å². The fourth-order valence-corrected chi connectivity index (χ4v) is 2.28. The van der Waals surface area contributed by atoms with Crippen LogP contribution in [0.5, 0.6) is 0 Å². The molecule has 2 nitrogen and oxygen atoms in total. The number of nitrogens with zero attached hydrogens (tertiary/aromatic N) is 1. The molecule has 0 heterocycles. The first-order valence-corrected chi connectivity index (χ1v) is 5.96. The maximum Gasteiger partial charge on any atom is 0.0845 e. The zero-order chi connectivity index (χ0) is 11.5. The van der Waals surface area contributed by atoms with Crippen molar-refractivity contribution in [3.05, 3.63) is 34.9 Å². The van der Waals surface area contributed by atoms with E-state index in [2.05, 4.69) is 18.3 Å². The first-order chi connectivity index (χ1) is 7.72. The largest absolute Gasteiger partial charge is 0.297 e. The van der Waals surface area contributed by atoms with Gasteiger partial charge in [-0.15, -0.1) is 0 Å². The predicted molar refractivity (Wildman–Crippen MR) is 65.1 cm³/mol. The molecule has 0 spiro atoms. The monoisotopic (exact) mass is 234 g/mol. The summed E-state index contributed by atoms with van der Waals surface area (Å²) in [6, 6.07) is 10.3. The van der Waals surface area contributed by atoms with Crippen LogP contribution in [-0.4, -0.2) is 6.54 Å². The zero-order valence-corrected chi connectivity index (χ0v) is 10.0. The van der Waals surface area contributed by atoms with Crippen molar-refractivity contribution in [1.29, 1.82) is 5.26 Å². The molecule has 1 fully saturated rings. The molecule has 3 atom stereocenters. The van der Waals surface area contributed by atoms with Crippen molar-refractivity contribution >= 4 is 11.6 Å². The summed E-state index contributed by atoms with van der Waals surface area (Å²) < 4.78 is 0. The Bertz CT molecular complexity index is 393. The Hall–Kier alpha value is -1.04. The summed E-state index contributed by atoms with van der Waals surface area (Å²) in [6.07, 6.45) is 1.24. The topological polar surface area (TPSA) is 35.8 Å². The summed E-state index contributed by atoms with van der Waals surface area (Å²) in [5.74, 6) is 1.42. The van der Waals surface area contributed by atoms with E-state index >= 15 is 0 Å². The molecule has 0 aliphatic heterocycles. The third-order valence-electron chi connectivity index (χ3n) is 3.23. The first kappa shape index (κ1) is 11.4. The highest BCUT2D eigenvalue weighted by atomic mass is 35.5. The van der Waals surface area contributed by atoms with Crippen molar-refractivity contribution in [2.45, 2.75) is 19.4 Å². The highest BCUT2D eigenvalue weighted by Crippen LogP contribution is 2.46. The van der Waals surface area contributed by atoms with Crippen LogP contribution in [-0.2, 0) is 0 Å². The van der Waals surface area contributed by atoms with Gasteiger partial charge in [0.1, 0.15) is 0 Å². The molecule has 0 amide bonds. The molecule has 0 aromatic heterocycles. The molecule has 1 saturated carbocycles. The van der Waals surface area contributed by atoms with Crippen molar-refractivity contribution in [2.75, 3.05) is 6.54 Å². The van der Waals surface area contributed by atoms with Crippen molar-refractivity contribution in [3.8, 4) is 6.07 Å². The summed E-state index contributed by atoms with van der Waals surface area (Å²) >= 11 is 5.87. The highest BCUT2D eigenvalue weighted by Gasteiger charge is 2.39. The lowest BCUT2D eigenvalue weighted by Crippen LogP contribution is -2.23. The van der Waals surface area contributed by atoms with Crippen LogP contribution in [0.15, 0.2) is 24.3 Å². The summed E-state index contributed by atoms with van der Waals surface area (Å²) in [6.45, 7) is 2.65. The van der Waals surface area contributed by atoms with Gasteiger partial charge in [0.25, 0.3) is 0 Å². The maximum atomic E-state index is 8.64. The molecular formula is C13H15ClN2. The Morgan fingerprint density at radius 1 is 1.50 bits per heavy atom. The summed E-state index contributed by atoms with van der Waals surface area (Å²) in [5, 5.41) is 12.7. The second-order valence-electron chi connectivity index (χ2n) is 4.45. The SMILES string of the molecule is C[C@H]1C[C@@H]1[C@@H](NCC#N)c1ccc(Cl)cc1. The van der Waals surface area contributed by atoms with Crippen LogP contribution in [0.25, 0.3) is 0 Å². The van der Waals surface area contributed by atoms with Crippen molar-refractivity contribution in [3.63, 3.8) is 0 Å².